The Labute approximate surface area is 157 Å². The van der Waals surface area contributed by atoms with E-state index < -0.39 is 6.04 Å². The smallest absolute Gasteiger partial charge is 0.246 e. The van der Waals surface area contributed by atoms with Crippen molar-refractivity contribution >= 4 is 11.6 Å². The highest BCUT2D eigenvalue weighted by Gasteiger charge is 2.25. The first-order chi connectivity index (χ1) is 13.0. The maximum absolute atomic E-state index is 13.1. The largest absolute Gasteiger partial charge is 0.324 e. The van der Waals surface area contributed by atoms with Gasteiger partial charge in [0.05, 0.1) is 0 Å². The molecule has 0 bridgehead atoms. The lowest BCUT2D eigenvalue weighted by Crippen LogP contribution is -2.34. The molecule has 0 unspecified atom stereocenters. The van der Waals surface area contributed by atoms with Gasteiger partial charge in [0.25, 0.3) is 0 Å². The molecule has 0 saturated carbocycles. The second-order valence-electron chi connectivity index (χ2n) is 6.35. The van der Waals surface area contributed by atoms with Crippen molar-refractivity contribution in [2.45, 2.75) is 12.6 Å². The molecule has 0 radical (unpaired) electrons. The SMILES string of the molecule is CN(Cc1ccc(F)cc1)[C@@H](C(=O)Nc1ccc(F)cc1)c1ccccc1. The first kappa shape index (κ1) is 18.7. The van der Waals surface area contributed by atoms with E-state index in [0.717, 1.165) is 11.1 Å². The normalized spacial score (nSPS) is 12.0. The van der Waals surface area contributed by atoms with Crippen LogP contribution in [0.1, 0.15) is 17.2 Å². The minimum Gasteiger partial charge on any atom is -0.324 e. The second kappa shape index (κ2) is 8.56. The van der Waals surface area contributed by atoms with Gasteiger partial charge < -0.3 is 5.32 Å². The van der Waals surface area contributed by atoms with Gasteiger partial charge in [-0.2, -0.15) is 0 Å². The first-order valence-electron chi connectivity index (χ1n) is 8.59. The quantitative estimate of drug-likeness (QED) is 0.681. The van der Waals surface area contributed by atoms with Crippen LogP contribution in [0.2, 0.25) is 0 Å². The Balaban J connectivity index is 1.82. The maximum atomic E-state index is 13.1. The van der Waals surface area contributed by atoms with Crippen LogP contribution in [0, 0.1) is 11.6 Å². The molecule has 3 nitrogen and oxygen atoms in total. The Kier molecular flexibility index (Phi) is 5.94. The molecule has 0 saturated heterocycles. The highest BCUT2D eigenvalue weighted by Crippen LogP contribution is 2.23. The van der Waals surface area contributed by atoms with Crippen molar-refractivity contribution < 1.29 is 13.6 Å². The lowest BCUT2D eigenvalue weighted by Gasteiger charge is -2.27. The highest BCUT2D eigenvalue weighted by molar-refractivity contribution is 5.95. The molecule has 27 heavy (non-hydrogen) atoms. The van der Waals surface area contributed by atoms with E-state index in [-0.39, 0.29) is 17.5 Å². The molecule has 0 heterocycles. The van der Waals surface area contributed by atoms with Gasteiger partial charge in [0, 0.05) is 12.2 Å². The number of nitrogens with zero attached hydrogens (tertiary/aromatic N) is 1. The molecule has 0 aliphatic rings. The van der Waals surface area contributed by atoms with Crippen molar-refractivity contribution in [2.75, 3.05) is 12.4 Å². The molecule has 1 amide bonds. The Hall–Kier alpha value is -3.05. The van der Waals surface area contributed by atoms with Crippen LogP contribution in [0.15, 0.2) is 78.9 Å². The minimum atomic E-state index is -0.554. The molecule has 0 aromatic heterocycles. The molecule has 1 atom stereocenters. The zero-order valence-electron chi connectivity index (χ0n) is 14.9. The summed E-state index contributed by atoms with van der Waals surface area (Å²) in [5, 5.41) is 2.84. The van der Waals surface area contributed by atoms with Gasteiger partial charge in [-0.25, -0.2) is 8.78 Å². The summed E-state index contributed by atoms with van der Waals surface area (Å²) in [4.78, 5) is 14.9. The molecular formula is C22H20F2N2O. The number of carbonyl (C=O) groups is 1. The third-order valence-electron chi connectivity index (χ3n) is 4.26. The lowest BCUT2D eigenvalue weighted by atomic mass is 10.0. The number of amides is 1. The first-order valence-corrected chi connectivity index (χ1v) is 8.59. The summed E-state index contributed by atoms with van der Waals surface area (Å²) in [6, 6.07) is 20.7. The van der Waals surface area contributed by atoms with Crippen LogP contribution in [-0.4, -0.2) is 17.9 Å². The molecule has 3 aromatic rings. The molecule has 1 N–H and O–H groups in total. The number of rotatable bonds is 6. The average Bonchev–Trinajstić information content (AvgIpc) is 2.66. The number of benzene rings is 3. The molecule has 0 aliphatic heterocycles. The summed E-state index contributed by atoms with van der Waals surface area (Å²) < 4.78 is 26.2. The monoisotopic (exact) mass is 366 g/mol. The van der Waals surface area contributed by atoms with Crippen LogP contribution in [0.25, 0.3) is 0 Å². The van der Waals surface area contributed by atoms with Crippen molar-refractivity contribution in [1.29, 1.82) is 0 Å². The predicted octanol–water partition coefficient (Wildman–Crippen LogP) is 4.78. The molecule has 3 rings (SSSR count). The van der Waals surface area contributed by atoms with E-state index in [4.69, 9.17) is 0 Å². The Morgan fingerprint density at radius 2 is 1.44 bits per heavy atom. The van der Waals surface area contributed by atoms with Gasteiger partial charge in [0.15, 0.2) is 0 Å². The Bertz CT molecular complexity index is 880. The van der Waals surface area contributed by atoms with Gasteiger partial charge in [-0.05, 0) is 54.6 Å². The van der Waals surface area contributed by atoms with E-state index in [9.17, 15) is 13.6 Å². The highest BCUT2D eigenvalue weighted by atomic mass is 19.1. The zero-order valence-corrected chi connectivity index (χ0v) is 14.9. The van der Waals surface area contributed by atoms with Crippen molar-refractivity contribution in [3.63, 3.8) is 0 Å². The van der Waals surface area contributed by atoms with Crippen molar-refractivity contribution in [3.8, 4) is 0 Å². The Morgan fingerprint density at radius 3 is 2.04 bits per heavy atom. The standard InChI is InChI=1S/C22H20F2N2O/c1-26(15-16-7-9-18(23)10-8-16)21(17-5-3-2-4-6-17)22(27)25-20-13-11-19(24)12-14-20/h2-14,21H,15H2,1H3,(H,25,27)/t21-/m1/s1. The number of carbonyl (C=O) groups excluding carboxylic acids is 1. The summed E-state index contributed by atoms with van der Waals surface area (Å²) in [5.41, 5.74) is 2.26. The summed E-state index contributed by atoms with van der Waals surface area (Å²) in [6.45, 7) is 0.469. The predicted molar refractivity (Wildman–Crippen MR) is 102 cm³/mol. The van der Waals surface area contributed by atoms with E-state index in [0.29, 0.717) is 12.2 Å². The van der Waals surface area contributed by atoms with Gasteiger partial charge in [-0.1, -0.05) is 42.5 Å². The lowest BCUT2D eigenvalue weighted by molar-refractivity contribution is -0.121. The molecule has 5 heteroatoms. The minimum absolute atomic E-state index is 0.225. The van der Waals surface area contributed by atoms with Crippen LogP contribution in [-0.2, 0) is 11.3 Å². The van der Waals surface area contributed by atoms with E-state index in [1.807, 2.05) is 42.3 Å². The number of likely N-dealkylation sites (N-methyl/N-ethyl adjacent to an activating group) is 1. The zero-order chi connectivity index (χ0) is 19.2. The topological polar surface area (TPSA) is 32.3 Å². The number of hydrogen-bond acceptors (Lipinski definition) is 2. The average molecular weight is 366 g/mol. The maximum Gasteiger partial charge on any atom is 0.246 e. The number of halogens is 2. The number of nitrogens with one attached hydrogen (secondary N) is 1. The summed E-state index contributed by atoms with van der Waals surface area (Å²) in [7, 11) is 1.84. The van der Waals surface area contributed by atoms with Crippen LogP contribution >= 0.6 is 0 Å². The van der Waals surface area contributed by atoms with E-state index in [2.05, 4.69) is 5.32 Å². The van der Waals surface area contributed by atoms with Crippen molar-refractivity contribution in [3.05, 3.63) is 102 Å². The summed E-state index contributed by atoms with van der Waals surface area (Å²) in [5.74, 6) is -0.881. The van der Waals surface area contributed by atoms with Crippen LogP contribution in [0.5, 0.6) is 0 Å². The van der Waals surface area contributed by atoms with Crippen LogP contribution in [0.3, 0.4) is 0 Å². The fourth-order valence-electron chi connectivity index (χ4n) is 2.95. The number of anilines is 1. The third-order valence-corrected chi connectivity index (χ3v) is 4.26. The molecule has 0 aliphatic carbocycles. The summed E-state index contributed by atoms with van der Waals surface area (Å²) >= 11 is 0. The molecule has 0 spiro atoms. The van der Waals surface area contributed by atoms with Gasteiger partial charge in [-0.15, -0.1) is 0 Å². The second-order valence-corrected chi connectivity index (χ2v) is 6.35. The van der Waals surface area contributed by atoms with Crippen LogP contribution in [0.4, 0.5) is 14.5 Å². The van der Waals surface area contributed by atoms with Gasteiger partial charge >= 0.3 is 0 Å². The molecule has 0 fully saturated rings. The van der Waals surface area contributed by atoms with E-state index >= 15 is 0 Å². The summed E-state index contributed by atoms with van der Waals surface area (Å²) in [6.07, 6.45) is 0. The van der Waals surface area contributed by atoms with Gasteiger partial charge in [0.1, 0.15) is 17.7 Å². The number of hydrogen-bond donors (Lipinski definition) is 1. The van der Waals surface area contributed by atoms with Crippen LogP contribution < -0.4 is 5.32 Å². The molecule has 138 valence electrons. The fourth-order valence-corrected chi connectivity index (χ4v) is 2.95. The van der Waals surface area contributed by atoms with E-state index in [1.54, 1.807) is 12.1 Å². The van der Waals surface area contributed by atoms with Gasteiger partial charge in [0.2, 0.25) is 5.91 Å². The molecule has 3 aromatic carbocycles. The van der Waals surface area contributed by atoms with Gasteiger partial charge in [-0.3, -0.25) is 9.69 Å². The molecular weight excluding hydrogens is 346 g/mol. The van der Waals surface area contributed by atoms with E-state index in [1.165, 1.54) is 36.4 Å². The third kappa shape index (κ3) is 4.99. The Morgan fingerprint density at radius 1 is 0.889 bits per heavy atom. The van der Waals surface area contributed by atoms with Crippen molar-refractivity contribution in [1.82, 2.24) is 4.90 Å². The fraction of sp³-hybridized carbons (Fsp3) is 0.136. The van der Waals surface area contributed by atoms with Crippen molar-refractivity contribution in [2.24, 2.45) is 0 Å².